The number of amides is 1. The van der Waals surface area contributed by atoms with Crippen LogP contribution in [-0.2, 0) is 10.9 Å². The third kappa shape index (κ3) is 4.58. The van der Waals surface area contributed by atoms with Crippen LogP contribution in [0.2, 0.25) is 0 Å². The molecule has 6 nitrogen and oxygen atoms in total. The van der Waals surface area contributed by atoms with Crippen LogP contribution in [0.3, 0.4) is 0 Å². The lowest BCUT2D eigenvalue weighted by Crippen LogP contribution is -2.13. The van der Waals surface area contributed by atoms with E-state index in [1.54, 1.807) is 37.3 Å². The van der Waals surface area contributed by atoms with Gasteiger partial charge >= 0.3 is 12.1 Å². The van der Waals surface area contributed by atoms with E-state index in [-0.39, 0.29) is 33.1 Å². The van der Waals surface area contributed by atoms with Crippen molar-refractivity contribution >= 4 is 44.8 Å². The van der Waals surface area contributed by atoms with Gasteiger partial charge in [-0.1, -0.05) is 30.3 Å². The topological polar surface area (TPSA) is 94.3 Å². The quantitative estimate of drug-likeness (QED) is 0.339. The molecule has 34 heavy (non-hydrogen) atoms. The number of fused-ring (bicyclic) bond motifs is 1. The second-order valence-electron chi connectivity index (χ2n) is 7.20. The van der Waals surface area contributed by atoms with Gasteiger partial charge in [-0.2, -0.15) is 13.2 Å². The molecule has 1 amide bonds. The second-order valence-corrected chi connectivity index (χ2v) is 8.19. The lowest BCUT2D eigenvalue weighted by atomic mass is 10.1. The van der Waals surface area contributed by atoms with E-state index in [0.29, 0.717) is 16.8 Å². The molecule has 0 fully saturated rings. The molecule has 0 spiro atoms. The predicted octanol–water partition coefficient (Wildman–Crippen LogP) is 5.99. The number of ether oxygens (including phenoxy) is 1. The van der Waals surface area contributed by atoms with Gasteiger partial charge in [-0.05, 0) is 37.3 Å². The molecule has 4 rings (SSSR count). The molecule has 2 heterocycles. The smallest absolute Gasteiger partial charge is 0.417 e. The van der Waals surface area contributed by atoms with Gasteiger partial charge in [0.25, 0.3) is 5.91 Å². The number of nitrogens with zero attached hydrogens (tertiary/aromatic N) is 1. The molecule has 2 aromatic carbocycles. The fraction of sp³-hybridized carbons (Fsp3) is 0.125. The van der Waals surface area contributed by atoms with Crippen molar-refractivity contribution in [3.05, 3.63) is 76.7 Å². The number of aromatic nitrogens is 1. The zero-order chi connectivity index (χ0) is 24.5. The number of nitrogens with two attached hydrogens (primary N) is 1. The molecule has 4 aromatic rings. The number of nitrogens with one attached hydrogen (secondary N) is 1. The van der Waals surface area contributed by atoms with Gasteiger partial charge in [0.05, 0.1) is 29.1 Å². The maximum Gasteiger partial charge on any atom is 0.417 e. The summed E-state index contributed by atoms with van der Waals surface area (Å²) in [6.07, 6.45) is -4.70. The fourth-order valence-corrected chi connectivity index (χ4v) is 4.38. The third-order valence-corrected chi connectivity index (χ3v) is 6.03. The van der Waals surface area contributed by atoms with Crippen LogP contribution < -0.4 is 11.1 Å². The molecular weight excluding hydrogens is 467 g/mol. The first-order valence-corrected chi connectivity index (χ1v) is 10.9. The summed E-state index contributed by atoms with van der Waals surface area (Å²) in [6, 6.07) is 15.3. The van der Waals surface area contributed by atoms with E-state index < -0.39 is 23.6 Å². The molecule has 0 aliphatic heterocycles. The molecule has 0 aliphatic carbocycles. The summed E-state index contributed by atoms with van der Waals surface area (Å²) in [4.78, 5) is 28.9. The van der Waals surface area contributed by atoms with Crippen LogP contribution >= 0.6 is 11.3 Å². The number of thiophene rings is 1. The number of rotatable bonds is 5. The van der Waals surface area contributed by atoms with Gasteiger partial charge in [0.1, 0.15) is 9.71 Å². The average Bonchev–Trinajstić information content (AvgIpc) is 3.15. The Morgan fingerprint density at radius 2 is 1.76 bits per heavy atom. The first-order valence-electron chi connectivity index (χ1n) is 10.1. The van der Waals surface area contributed by atoms with Crippen molar-refractivity contribution in [3.63, 3.8) is 0 Å². The highest BCUT2D eigenvalue weighted by molar-refractivity contribution is 7.21. The van der Waals surface area contributed by atoms with Crippen LogP contribution in [0.4, 0.5) is 24.5 Å². The number of benzene rings is 2. The van der Waals surface area contributed by atoms with Gasteiger partial charge in [-0.25, -0.2) is 9.78 Å². The number of carbonyl (C=O) groups is 2. The Labute approximate surface area is 196 Å². The Hall–Kier alpha value is -3.92. The lowest BCUT2D eigenvalue weighted by Gasteiger charge is -2.11. The first-order chi connectivity index (χ1) is 16.2. The Morgan fingerprint density at radius 3 is 2.38 bits per heavy atom. The summed E-state index contributed by atoms with van der Waals surface area (Å²) in [5.74, 6) is -1.19. The highest BCUT2D eigenvalue weighted by Gasteiger charge is 2.36. The van der Waals surface area contributed by atoms with Crippen molar-refractivity contribution in [2.24, 2.45) is 0 Å². The standard InChI is InChI=1S/C24H18F3N3O3S/c1-2-33-23(32)14-8-10-15(11-9-14)29-21(31)20-19(28)18-16(24(25,26)27)12-17(30-22(18)34-20)13-6-4-3-5-7-13/h3-12H,2,28H2,1H3,(H,29,31). The highest BCUT2D eigenvalue weighted by Crippen LogP contribution is 2.43. The molecular formula is C24H18F3N3O3S. The van der Waals surface area contributed by atoms with E-state index in [2.05, 4.69) is 10.3 Å². The van der Waals surface area contributed by atoms with Crippen molar-refractivity contribution < 1.29 is 27.5 Å². The maximum atomic E-state index is 13.9. The fourth-order valence-electron chi connectivity index (χ4n) is 3.36. The normalized spacial score (nSPS) is 11.4. The minimum absolute atomic E-state index is 0.00832. The Morgan fingerprint density at radius 1 is 1.09 bits per heavy atom. The van der Waals surface area contributed by atoms with Crippen molar-refractivity contribution in [1.29, 1.82) is 0 Å². The van der Waals surface area contributed by atoms with E-state index >= 15 is 0 Å². The molecule has 0 radical (unpaired) electrons. The van der Waals surface area contributed by atoms with Crippen LogP contribution in [0.5, 0.6) is 0 Å². The average molecular weight is 485 g/mol. The SMILES string of the molecule is CCOC(=O)c1ccc(NC(=O)c2sc3nc(-c4ccccc4)cc(C(F)(F)F)c3c2N)cc1. The molecule has 0 saturated carbocycles. The molecule has 0 bridgehead atoms. The van der Waals surface area contributed by atoms with Crippen LogP contribution in [0, 0.1) is 0 Å². The minimum Gasteiger partial charge on any atom is -0.462 e. The van der Waals surface area contributed by atoms with Crippen LogP contribution in [0.25, 0.3) is 21.5 Å². The van der Waals surface area contributed by atoms with Crippen molar-refractivity contribution in [3.8, 4) is 11.3 Å². The second kappa shape index (κ2) is 9.14. The van der Waals surface area contributed by atoms with Gasteiger partial charge < -0.3 is 15.8 Å². The lowest BCUT2D eigenvalue weighted by molar-refractivity contribution is -0.136. The number of hydrogen-bond donors (Lipinski definition) is 2. The molecule has 174 valence electrons. The molecule has 2 aromatic heterocycles. The summed E-state index contributed by atoms with van der Waals surface area (Å²) in [5, 5.41) is 2.29. The van der Waals surface area contributed by atoms with Crippen molar-refractivity contribution in [2.45, 2.75) is 13.1 Å². The monoisotopic (exact) mass is 485 g/mol. The number of nitrogen functional groups attached to an aromatic ring is 1. The number of alkyl halides is 3. The van der Waals surface area contributed by atoms with Crippen LogP contribution in [0.15, 0.2) is 60.7 Å². The summed E-state index contributed by atoms with van der Waals surface area (Å²) >= 11 is 0.783. The van der Waals surface area contributed by atoms with E-state index in [9.17, 15) is 22.8 Å². The molecule has 0 aliphatic rings. The number of pyridine rings is 1. The summed E-state index contributed by atoms with van der Waals surface area (Å²) < 4.78 is 46.6. The minimum atomic E-state index is -4.70. The predicted molar refractivity (Wildman–Crippen MR) is 125 cm³/mol. The zero-order valence-corrected chi connectivity index (χ0v) is 18.6. The van der Waals surface area contributed by atoms with E-state index in [1.165, 1.54) is 24.3 Å². The van der Waals surface area contributed by atoms with Gasteiger partial charge in [-0.3, -0.25) is 4.79 Å². The largest absolute Gasteiger partial charge is 0.462 e. The van der Waals surface area contributed by atoms with Crippen molar-refractivity contribution in [2.75, 3.05) is 17.7 Å². The number of carbonyl (C=O) groups excluding carboxylic acids is 2. The van der Waals surface area contributed by atoms with Gasteiger partial charge in [0, 0.05) is 16.6 Å². The zero-order valence-electron chi connectivity index (χ0n) is 17.8. The number of hydrogen-bond acceptors (Lipinski definition) is 6. The van der Waals surface area contributed by atoms with Crippen LogP contribution in [0.1, 0.15) is 32.5 Å². The maximum absolute atomic E-state index is 13.9. The Kier molecular flexibility index (Phi) is 6.25. The van der Waals surface area contributed by atoms with Gasteiger partial charge in [0.15, 0.2) is 0 Å². The summed E-state index contributed by atoms with van der Waals surface area (Å²) in [7, 11) is 0. The van der Waals surface area contributed by atoms with Gasteiger partial charge in [0.2, 0.25) is 0 Å². The first kappa shape index (κ1) is 23.2. The van der Waals surface area contributed by atoms with Gasteiger partial charge in [-0.15, -0.1) is 11.3 Å². The number of halogens is 3. The van der Waals surface area contributed by atoms with E-state index in [1.807, 2.05) is 0 Å². The Bertz CT molecular complexity index is 1370. The number of anilines is 2. The molecule has 10 heteroatoms. The van der Waals surface area contributed by atoms with Crippen molar-refractivity contribution in [1.82, 2.24) is 4.98 Å². The van der Waals surface area contributed by atoms with Crippen LogP contribution in [-0.4, -0.2) is 23.5 Å². The summed E-state index contributed by atoms with van der Waals surface area (Å²) in [6.45, 7) is 1.91. The third-order valence-electron chi connectivity index (χ3n) is 4.93. The number of esters is 1. The molecule has 3 N–H and O–H groups in total. The Balaban J connectivity index is 1.71. The van der Waals surface area contributed by atoms with E-state index in [4.69, 9.17) is 10.5 Å². The van der Waals surface area contributed by atoms with E-state index in [0.717, 1.165) is 17.4 Å². The molecule has 0 saturated heterocycles. The highest BCUT2D eigenvalue weighted by atomic mass is 32.1. The summed E-state index contributed by atoms with van der Waals surface area (Å²) in [5.41, 5.74) is 6.05. The molecule has 0 atom stereocenters. The molecule has 0 unspecified atom stereocenters.